The Labute approximate surface area is 132 Å². The smallest absolute Gasteiger partial charge is 0.228 e. The van der Waals surface area contributed by atoms with Crippen LogP contribution in [0.15, 0.2) is 30.3 Å². The zero-order valence-electron chi connectivity index (χ0n) is 13.1. The Morgan fingerprint density at radius 1 is 1.23 bits per heavy atom. The van der Waals surface area contributed by atoms with Crippen LogP contribution in [-0.2, 0) is 9.53 Å². The minimum atomic E-state index is -0.0966. The van der Waals surface area contributed by atoms with Gasteiger partial charge in [0.25, 0.3) is 0 Å². The molecule has 4 nitrogen and oxygen atoms in total. The number of nitrogens with two attached hydrogens (primary N) is 1. The van der Waals surface area contributed by atoms with Gasteiger partial charge in [0.2, 0.25) is 5.91 Å². The molecule has 0 aromatic heterocycles. The predicted molar refractivity (Wildman–Crippen MR) is 86.2 cm³/mol. The van der Waals surface area contributed by atoms with E-state index in [1.165, 1.54) is 0 Å². The standard InChI is InChI=1S/C18H26N2O2/c19-12-14-6-4-10-20(13-14)18(21)16-9-5-11-22-17(16)15-7-2-1-3-8-15/h1-3,7-8,14,16-17H,4-6,9-13,19H2. The highest BCUT2D eigenvalue weighted by Crippen LogP contribution is 2.35. The van der Waals surface area contributed by atoms with Crippen LogP contribution in [0.3, 0.4) is 0 Å². The van der Waals surface area contributed by atoms with Crippen molar-refractivity contribution in [2.75, 3.05) is 26.2 Å². The van der Waals surface area contributed by atoms with Crippen molar-refractivity contribution in [3.63, 3.8) is 0 Å². The predicted octanol–water partition coefficient (Wildman–Crippen LogP) is 2.35. The van der Waals surface area contributed by atoms with E-state index in [4.69, 9.17) is 10.5 Å². The summed E-state index contributed by atoms with van der Waals surface area (Å²) >= 11 is 0. The second-order valence-corrected chi connectivity index (χ2v) is 6.48. The van der Waals surface area contributed by atoms with Crippen LogP contribution in [-0.4, -0.2) is 37.0 Å². The molecular formula is C18H26N2O2. The van der Waals surface area contributed by atoms with Gasteiger partial charge in [0.05, 0.1) is 12.0 Å². The third-order valence-electron chi connectivity index (χ3n) is 4.93. The molecular weight excluding hydrogens is 276 g/mol. The van der Waals surface area contributed by atoms with Crippen molar-refractivity contribution in [2.24, 2.45) is 17.6 Å². The SMILES string of the molecule is NCC1CCCN(C(=O)C2CCCOC2c2ccccc2)C1. The van der Waals surface area contributed by atoms with Gasteiger partial charge in [0, 0.05) is 19.7 Å². The number of carbonyl (C=O) groups is 1. The summed E-state index contributed by atoms with van der Waals surface area (Å²) in [5.74, 6) is 0.664. The number of carbonyl (C=O) groups excluding carboxylic acids is 1. The summed E-state index contributed by atoms with van der Waals surface area (Å²) in [6.45, 7) is 3.10. The van der Waals surface area contributed by atoms with Gasteiger partial charge in [-0.05, 0) is 43.7 Å². The maximum atomic E-state index is 13.0. The molecule has 0 spiro atoms. The minimum Gasteiger partial charge on any atom is -0.373 e. The van der Waals surface area contributed by atoms with E-state index >= 15 is 0 Å². The monoisotopic (exact) mass is 302 g/mol. The number of amides is 1. The van der Waals surface area contributed by atoms with Crippen LogP contribution in [0.2, 0.25) is 0 Å². The van der Waals surface area contributed by atoms with Crippen molar-refractivity contribution < 1.29 is 9.53 Å². The van der Waals surface area contributed by atoms with Crippen LogP contribution in [0.4, 0.5) is 0 Å². The van der Waals surface area contributed by atoms with E-state index in [0.717, 1.165) is 50.9 Å². The van der Waals surface area contributed by atoms with Gasteiger partial charge in [-0.15, -0.1) is 0 Å². The first-order valence-electron chi connectivity index (χ1n) is 8.45. The lowest BCUT2D eigenvalue weighted by atomic mass is 9.87. The molecule has 2 N–H and O–H groups in total. The number of benzene rings is 1. The molecule has 0 radical (unpaired) electrons. The Morgan fingerprint density at radius 2 is 2.05 bits per heavy atom. The molecule has 0 aliphatic carbocycles. The number of piperidine rings is 1. The van der Waals surface area contributed by atoms with Gasteiger partial charge in [-0.2, -0.15) is 0 Å². The maximum absolute atomic E-state index is 13.0. The van der Waals surface area contributed by atoms with Gasteiger partial charge in [0.15, 0.2) is 0 Å². The van der Waals surface area contributed by atoms with Gasteiger partial charge in [0.1, 0.15) is 0 Å². The molecule has 2 saturated heterocycles. The first-order chi connectivity index (χ1) is 10.8. The molecule has 3 rings (SSSR count). The zero-order valence-corrected chi connectivity index (χ0v) is 13.1. The molecule has 1 aromatic carbocycles. The normalized spacial score (nSPS) is 29.3. The highest BCUT2D eigenvalue weighted by atomic mass is 16.5. The first kappa shape index (κ1) is 15.5. The topological polar surface area (TPSA) is 55.6 Å². The Bertz CT molecular complexity index is 491. The minimum absolute atomic E-state index is 0.0484. The van der Waals surface area contributed by atoms with Crippen molar-refractivity contribution in [2.45, 2.75) is 31.8 Å². The molecule has 0 saturated carbocycles. The van der Waals surface area contributed by atoms with Gasteiger partial charge < -0.3 is 15.4 Å². The van der Waals surface area contributed by atoms with Crippen LogP contribution in [0.1, 0.15) is 37.4 Å². The number of hydrogen-bond donors (Lipinski definition) is 1. The molecule has 3 unspecified atom stereocenters. The number of likely N-dealkylation sites (tertiary alicyclic amines) is 1. The van der Waals surface area contributed by atoms with Gasteiger partial charge >= 0.3 is 0 Å². The summed E-state index contributed by atoms with van der Waals surface area (Å²) in [4.78, 5) is 15.0. The van der Waals surface area contributed by atoms with Gasteiger partial charge in [-0.3, -0.25) is 4.79 Å². The molecule has 2 aliphatic heterocycles. The second-order valence-electron chi connectivity index (χ2n) is 6.48. The maximum Gasteiger partial charge on any atom is 0.228 e. The number of nitrogens with zero attached hydrogens (tertiary/aromatic N) is 1. The number of hydrogen-bond acceptors (Lipinski definition) is 3. The lowest BCUT2D eigenvalue weighted by Crippen LogP contribution is -2.46. The molecule has 2 heterocycles. The molecule has 2 fully saturated rings. The summed E-state index contributed by atoms with van der Waals surface area (Å²) in [5.41, 5.74) is 6.92. The van der Waals surface area contributed by atoms with E-state index in [1.54, 1.807) is 0 Å². The molecule has 3 atom stereocenters. The largest absolute Gasteiger partial charge is 0.373 e. The van der Waals surface area contributed by atoms with Crippen molar-refractivity contribution in [3.8, 4) is 0 Å². The fourth-order valence-electron chi connectivity index (χ4n) is 3.70. The summed E-state index contributed by atoms with van der Waals surface area (Å²) in [6.07, 6.45) is 4.00. The average Bonchev–Trinajstić information content (AvgIpc) is 2.62. The van der Waals surface area contributed by atoms with Crippen molar-refractivity contribution in [3.05, 3.63) is 35.9 Å². The second kappa shape index (κ2) is 7.25. The number of rotatable bonds is 3. The first-order valence-corrected chi connectivity index (χ1v) is 8.45. The van der Waals surface area contributed by atoms with Crippen LogP contribution in [0.25, 0.3) is 0 Å². The van der Waals surface area contributed by atoms with Crippen LogP contribution in [0, 0.1) is 11.8 Å². The molecule has 1 aromatic rings. The number of ether oxygens (including phenoxy) is 1. The van der Waals surface area contributed by atoms with Crippen LogP contribution >= 0.6 is 0 Å². The van der Waals surface area contributed by atoms with Gasteiger partial charge in [-0.1, -0.05) is 30.3 Å². The lowest BCUT2D eigenvalue weighted by molar-refractivity contribution is -0.147. The molecule has 4 heteroatoms. The van der Waals surface area contributed by atoms with Gasteiger partial charge in [-0.25, -0.2) is 0 Å². The van der Waals surface area contributed by atoms with E-state index in [0.29, 0.717) is 12.5 Å². The highest BCUT2D eigenvalue weighted by molar-refractivity contribution is 5.80. The Balaban J connectivity index is 1.74. The van der Waals surface area contributed by atoms with Crippen LogP contribution < -0.4 is 5.73 Å². The Morgan fingerprint density at radius 3 is 2.82 bits per heavy atom. The Kier molecular flexibility index (Phi) is 5.11. The zero-order chi connectivity index (χ0) is 15.4. The molecule has 22 heavy (non-hydrogen) atoms. The van der Waals surface area contributed by atoms with E-state index in [-0.39, 0.29) is 17.9 Å². The third kappa shape index (κ3) is 3.33. The van der Waals surface area contributed by atoms with E-state index in [1.807, 2.05) is 23.1 Å². The van der Waals surface area contributed by atoms with E-state index in [9.17, 15) is 4.79 Å². The van der Waals surface area contributed by atoms with Crippen molar-refractivity contribution in [1.82, 2.24) is 4.90 Å². The summed E-state index contributed by atoms with van der Waals surface area (Å²) in [5, 5.41) is 0. The summed E-state index contributed by atoms with van der Waals surface area (Å²) in [6, 6.07) is 10.2. The van der Waals surface area contributed by atoms with E-state index < -0.39 is 0 Å². The quantitative estimate of drug-likeness (QED) is 0.932. The van der Waals surface area contributed by atoms with Crippen LogP contribution in [0.5, 0.6) is 0 Å². The molecule has 2 aliphatic rings. The van der Waals surface area contributed by atoms with E-state index in [2.05, 4.69) is 12.1 Å². The fourth-order valence-corrected chi connectivity index (χ4v) is 3.70. The molecule has 120 valence electrons. The summed E-state index contributed by atoms with van der Waals surface area (Å²) < 4.78 is 5.97. The average molecular weight is 302 g/mol. The molecule has 0 bridgehead atoms. The van der Waals surface area contributed by atoms with Crippen molar-refractivity contribution >= 4 is 5.91 Å². The molecule has 1 amide bonds. The third-order valence-corrected chi connectivity index (χ3v) is 4.93. The fraction of sp³-hybridized carbons (Fsp3) is 0.611. The highest BCUT2D eigenvalue weighted by Gasteiger charge is 2.36. The van der Waals surface area contributed by atoms with Crippen molar-refractivity contribution in [1.29, 1.82) is 0 Å². The summed E-state index contributed by atoms with van der Waals surface area (Å²) in [7, 11) is 0. The Hall–Kier alpha value is -1.39. The lowest BCUT2D eigenvalue weighted by Gasteiger charge is -2.38.